The fraction of sp³-hybridized carbons (Fsp3) is 0.857. The zero-order valence-corrected chi connectivity index (χ0v) is 8.39. The van der Waals surface area contributed by atoms with E-state index >= 15 is 0 Å². The monoisotopic (exact) mass is 205 g/mol. The number of nitrogens with two attached hydrogens (primary N) is 1. The molecule has 1 unspecified atom stereocenters. The SMILES string of the molecule is CS(=N)CNC1CC(OC(N)=O)C1. The quantitative estimate of drug-likeness (QED) is 0.611. The average Bonchev–Trinajstić information content (AvgIpc) is 1.92. The Hall–Kier alpha value is -0.620. The van der Waals surface area contributed by atoms with E-state index in [0.717, 1.165) is 12.8 Å². The second kappa shape index (κ2) is 4.57. The number of ether oxygens (including phenoxy) is 1. The fourth-order valence-corrected chi connectivity index (χ4v) is 1.72. The van der Waals surface area contributed by atoms with Gasteiger partial charge in [-0.25, -0.2) is 4.79 Å². The zero-order chi connectivity index (χ0) is 9.84. The molecule has 0 spiro atoms. The molecule has 0 bridgehead atoms. The molecule has 5 nitrogen and oxygen atoms in total. The number of hydrogen-bond donors (Lipinski definition) is 3. The van der Waals surface area contributed by atoms with E-state index in [1.54, 1.807) is 0 Å². The van der Waals surface area contributed by atoms with Gasteiger partial charge in [0, 0.05) is 18.9 Å². The van der Waals surface area contributed by atoms with Crippen molar-refractivity contribution < 1.29 is 9.53 Å². The molecule has 1 aliphatic rings. The molecule has 1 atom stereocenters. The minimum Gasteiger partial charge on any atom is -0.446 e. The van der Waals surface area contributed by atoms with Crippen molar-refractivity contribution >= 4 is 16.8 Å². The summed E-state index contributed by atoms with van der Waals surface area (Å²) >= 11 is 0. The summed E-state index contributed by atoms with van der Waals surface area (Å²) in [5.41, 5.74) is 4.86. The maximum Gasteiger partial charge on any atom is 0.404 e. The average molecular weight is 205 g/mol. The van der Waals surface area contributed by atoms with Gasteiger partial charge in [-0.05, 0) is 6.26 Å². The number of amides is 1. The molecule has 1 saturated carbocycles. The van der Waals surface area contributed by atoms with Crippen molar-refractivity contribution in [1.29, 1.82) is 4.78 Å². The highest BCUT2D eigenvalue weighted by Crippen LogP contribution is 2.22. The van der Waals surface area contributed by atoms with Crippen molar-refractivity contribution in [3.8, 4) is 0 Å². The van der Waals surface area contributed by atoms with Crippen molar-refractivity contribution in [1.82, 2.24) is 5.32 Å². The number of primary amides is 1. The van der Waals surface area contributed by atoms with Crippen LogP contribution in [0.3, 0.4) is 0 Å². The highest BCUT2D eigenvalue weighted by atomic mass is 32.2. The van der Waals surface area contributed by atoms with Gasteiger partial charge >= 0.3 is 6.09 Å². The first-order valence-corrected chi connectivity index (χ1v) is 5.91. The Balaban J connectivity index is 2.05. The van der Waals surface area contributed by atoms with Crippen LogP contribution >= 0.6 is 0 Å². The van der Waals surface area contributed by atoms with Crippen LogP contribution in [0.4, 0.5) is 4.79 Å². The summed E-state index contributed by atoms with van der Waals surface area (Å²) in [6.45, 7) is 0. The number of carbonyl (C=O) groups excluding carboxylic acids is 1. The third-order valence-corrected chi connectivity index (χ3v) is 2.57. The van der Waals surface area contributed by atoms with Crippen molar-refractivity contribution in [3.05, 3.63) is 0 Å². The van der Waals surface area contributed by atoms with Crippen LogP contribution in [-0.4, -0.2) is 30.4 Å². The highest BCUT2D eigenvalue weighted by Gasteiger charge is 2.31. The van der Waals surface area contributed by atoms with Gasteiger partial charge in [-0.15, -0.1) is 0 Å². The Labute approximate surface area is 79.9 Å². The Bertz CT molecular complexity index is 216. The second-order valence-corrected chi connectivity index (χ2v) is 4.78. The molecule has 0 radical (unpaired) electrons. The van der Waals surface area contributed by atoms with Gasteiger partial charge in [0.15, 0.2) is 0 Å². The van der Waals surface area contributed by atoms with E-state index in [9.17, 15) is 4.79 Å². The summed E-state index contributed by atoms with van der Waals surface area (Å²) in [5, 5.41) is 3.21. The summed E-state index contributed by atoms with van der Waals surface area (Å²) in [6.07, 6.45) is 2.79. The molecule has 0 aliphatic heterocycles. The lowest BCUT2D eigenvalue weighted by Crippen LogP contribution is -2.47. The molecule has 1 aliphatic carbocycles. The van der Waals surface area contributed by atoms with E-state index in [1.807, 2.05) is 6.26 Å². The van der Waals surface area contributed by atoms with Crippen molar-refractivity contribution in [2.75, 3.05) is 12.1 Å². The van der Waals surface area contributed by atoms with Crippen LogP contribution in [0.25, 0.3) is 0 Å². The summed E-state index contributed by atoms with van der Waals surface area (Å²) < 4.78 is 12.1. The molecule has 0 saturated heterocycles. The number of rotatable bonds is 4. The maximum atomic E-state index is 10.3. The summed E-state index contributed by atoms with van der Waals surface area (Å²) in [6, 6.07) is 0.393. The first-order chi connectivity index (χ1) is 6.08. The minimum absolute atomic E-state index is 0.0145. The van der Waals surface area contributed by atoms with Crippen LogP contribution in [0.2, 0.25) is 0 Å². The minimum atomic E-state index is -0.695. The van der Waals surface area contributed by atoms with Gasteiger partial charge in [-0.1, -0.05) is 10.7 Å². The summed E-state index contributed by atoms with van der Waals surface area (Å²) in [5.74, 6) is 0.716. The highest BCUT2D eigenvalue weighted by molar-refractivity contribution is 7.85. The fourth-order valence-electron chi connectivity index (χ4n) is 1.24. The Kier molecular flexibility index (Phi) is 3.68. The number of hydrogen-bond acceptors (Lipinski definition) is 4. The van der Waals surface area contributed by atoms with E-state index in [0.29, 0.717) is 11.9 Å². The summed E-state index contributed by atoms with van der Waals surface area (Å²) in [4.78, 5) is 10.3. The number of carbonyl (C=O) groups is 1. The van der Waals surface area contributed by atoms with Crippen LogP contribution in [-0.2, 0) is 15.4 Å². The third-order valence-electron chi connectivity index (χ3n) is 1.97. The lowest BCUT2D eigenvalue weighted by molar-refractivity contribution is 0.0390. The molecule has 0 heterocycles. The molecule has 13 heavy (non-hydrogen) atoms. The van der Waals surface area contributed by atoms with Gasteiger partial charge in [0.25, 0.3) is 0 Å². The standard InChI is InChI=1S/C7H15N3O2S/c1-13(9)4-10-5-2-6(3-5)12-7(8)11/h5-6,9-10H,2-4H2,1H3,(H2,8,11). The Morgan fingerprint density at radius 2 is 2.38 bits per heavy atom. The van der Waals surface area contributed by atoms with Gasteiger partial charge in [0.05, 0.1) is 5.88 Å². The van der Waals surface area contributed by atoms with E-state index in [4.69, 9.17) is 15.3 Å². The van der Waals surface area contributed by atoms with Gasteiger partial charge in [0.1, 0.15) is 6.10 Å². The molecule has 4 N–H and O–H groups in total. The molecule has 76 valence electrons. The lowest BCUT2D eigenvalue weighted by atomic mass is 9.89. The largest absolute Gasteiger partial charge is 0.446 e. The molecule has 1 fully saturated rings. The van der Waals surface area contributed by atoms with Crippen molar-refractivity contribution in [2.24, 2.45) is 5.73 Å². The Morgan fingerprint density at radius 1 is 1.77 bits per heavy atom. The van der Waals surface area contributed by atoms with E-state index in [-0.39, 0.29) is 16.8 Å². The topological polar surface area (TPSA) is 88.2 Å². The third kappa shape index (κ3) is 3.73. The number of nitrogens with one attached hydrogen (secondary N) is 2. The lowest BCUT2D eigenvalue weighted by Gasteiger charge is -2.34. The second-order valence-electron chi connectivity index (χ2n) is 3.21. The maximum absolute atomic E-state index is 10.3. The van der Waals surface area contributed by atoms with Crippen LogP contribution in [0.5, 0.6) is 0 Å². The molecule has 1 amide bonds. The van der Waals surface area contributed by atoms with Gasteiger partial charge < -0.3 is 15.8 Å². The van der Waals surface area contributed by atoms with Crippen molar-refractivity contribution in [2.45, 2.75) is 25.0 Å². The molecular weight excluding hydrogens is 190 g/mol. The summed E-state index contributed by atoms with van der Waals surface area (Å²) in [7, 11) is -0.319. The van der Waals surface area contributed by atoms with E-state index < -0.39 is 6.09 Å². The van der Waals surface area contributed by atoms with E-state index in [1.165, 1.54) is 0 Å². The van der Waals surface area contributed by atoms with Crippen LogP contribution in [0.1, 0.15) is 12.8 Å². The first-order valence-electron chi connectivity index (χ1n) is 4.11. The molecule has 0 aromatic carbocycles. The first kappa shape index (κ1) is 10.5. The van der Waals surface area contributed by atoms with Crippen molar-refractivity contribution in [3.63, 3.8) is 0 Å². The van der Waals surface area contributed by atoms with Crippen LogP contribution < -0.4 is 11.1 Å². The van der Waals surface area contributed by atoms with Crippen LogP contribution in [0, 0.1) is 4.78 Å². The van der Waals surface area contributed by atoms with Gasteiger partial charge in [-0.2, -0.15) is 0 Å². The van der Waals surface area contributed by atoms with Gasteiger partial charge in [-0.3, -0.25) is 4.78 Å². The zero-order valence-electron chi connectivity index (χ0n) is 7.58. The normalized spacial score (nSPS) is 29.0. The molecule has 0 aromatic rings. The molecule has 0 aromatic heterocycles. The molecular formula is C7H15N3O2S. The van der Waals surface area contributed by atoms with Crippen LogP contribution in [0.15, 0.2) is 0 Å². The smallest absolute Gasteiger partial charge is 0.404 e. The van der Waals surface area contributed by atoms with Gasteiger partial charge in [0.2, 0.25) is 0 Å². The Morgan fingerprint density at radius 3 is 2.85 bits per heavy atom. The predicted molar refractivity (Wildman–Crippen MR) is 51.5 cm³/mol. The molecule has 1 rings (SSSR count). The predicted octanol–water partition coefficient (Wildman–Crippen LogP) is 0.170. The van der Waals surface area contributed by atoms with E-state index in [2.05, 4.69) is 5.32 Å². The molecule has 6 heteroatoms.